The van der Waals surface area contributed by atoms with Gasteiger partial charge in [-0.3, -0.25) is 9.59 Å². The lowest BCUT2D eigenvalue weighted by Gasteiger charge is -2.19. The number of carbonyl (C=O) groups is 2. The molecular weight excluding hydrogens is 290 g/mol. The molecule has 1 atom stereocenters. The summed E-state index contributed by atoms with van der Waals surface area (Å²) in [5, 5.41) is 14.2. The van der Waals surface area contributed by atoms with Crippen molar-refractivity contribution in [2.45, 2.75) is 45.1 Å². The average Bonchev–Trinajstić information content (AvgIpc) is 3.34. The Morgan fingerprint density at radius 2 is 1.87 bits per heavy atom. The zero-order valence-electron chi connectivity index (χ0n) is 13.8. The Morgan fingerprint density at radius 3 is 2.35 bits per heavy atom. The van der Waals surface area contributed by atoms with E-state index in [1.54, 1.807) is 12.1 Å². The van der Waals surface area contributed by atoms with Crippen molar-refractivity contribution in [1.29, 1.82) is 5.26 Å². The summed E-state index contributed by atoms with van der Waals surface area (Å²) in [4.78, 5) is 23.8. The highest BCUT2D eigenvalue weighted by atomic mass is 16.2. The van der Waals surface area contributed by atoms with Gasteiger partial charge in [0.15, 0.2) is 0 Å². The largest absolute Gasteiger partial charge is 0.343 e. The molecule has 0 unspecified atom stereocenters. The second-order valence-electron chi connectivity index (χ2n) is 7.02. The number of nitriles is 1. The SMILES string of the molecule is CC(C)(C)c1ccc(C(=O)NCC(=O)N[C@H](C#N)C2CC2)cc1. The summed E-state index contributed by atoms with van der Waals surface area (Å²) in [6.07, 6.45) is 1.95. The minimum Gasteiger partial charge on any atom is -0.343 e. The Hall–Kier alpha value is -2.35. The predicted octanol–water partition coefficient (Wildman–Crippen LogP) is 2.13. The van der Waals surface area contributed by atoms with Crippen molar-refractivity contribution in [3.05, 3.63) is 35.4 Å². The first-order valence-electron chi connectivity index (χ1n) is 7.89. The summed E-state index contributed by atoms with van der Waals surface area (Å²) in [5.74, 6) is -0.353. The molecule has 0 bridgehead atoms. The van der Waals surface area contributed by atoms with E-state index in [1.165, 1.54) is 0 Å². The first kappa shape index (κ1) is 17.0. The van der Waals surface area contributed by atoms with Gasteiger partial charge in [-0.15, -0.1) is 0 Å². The number of nitrogens with one attached hydrogen (secondary N) is 2. The van der Waals surface area contributed by atoms with E-state index in [9.17, 15) is 9.59 Å². The molecule has 0 aliphatic heterocycles. The minimum atomic E-state index is -0.439. The van der Waals surface area contributed by atoms with Crippen LogP contribution in [0.4, 0.5) is 0 Å². The number of rotatable bonds is 5. The van der Waals surface area contributed by atoms with Crippen molar-refractivity contribution >= 4 is 11.8 Å². The van der Waals surface area contributed by atoms with Gasteiger partial charge < -0.3 is 10.6 Å². The molecule has 1 aliphatic rings. The quantitative estimate of drug-likeness (QED) is 0.873. The summed E-state index contributed by atoms with van der Waals surface area (Å²) in [6, 6.07) is 9.02. The second-order valence-corrected chi connectivity index (χ2v) is 7.02. The Bertz CT molecular complexity index is 619. The van der Waals surface area contributed by atoms with Gasteiger partial charge in [0.05, 0.1) is 12.6 Å². The number of hydrogen-bond acceptors (Lipinski definition) is 3. The van der Waals surface area contributed by atoms with Crippen molar-refractivity contribution < 1.29 is 9.59 Å². The molecule has 2 amide bonds. The van der Waals surface area contributed by atoms with Crippen LogP contribution in [0.3, 0.4) is 0 Å². The van der Waals surface area contributed by atoms with Crippen molar-refractivity contribution in [3.8, 4) is 6.07 Å². The van der Waals surface area contributed by atoms with Crippen LogP contribution in [0.15, 0.2) is 24.3 Å². The zero-order valence-corrected chi connectivity index (χ0v) is 13.8. The number of benzene rings is 1. The summed E-state index contributed by atoms with van der Waals surface area (Å²) in [5.41, 5.74) is 1.70. The molecule has 122 valence electrons. The molecule has 1 fully saturated rings. The maximum atomic E-state index is 12.1. The Labute approximate surface area is 137 Å². The summed E-state index contributed by atoms with van der Waals surface area (Å²) in [6.45, 7) is 6.21. The lowest BCUT2D eigenvalue weighted by molar-refractivity contribution is -0.120. The van der Waals surface area contributed by atoms with Gasteiger partial charge in [-0.05, 0) is 41.9 Å². The van der Waals surface area contributed by atoms with Crippen LogP contribution in [0, 0.1) is 17.2 Å². The smallest absolute Gasteiger partial charge is 0.251 e. The first-order chi connectivity index (χ1) is 10.8. The van der Waals surface area contributed by atoms with Gasteiger partial charge in [-0.25, -0.2) is 0 Å². The topological polar surface area (TPSA) is 82.0 Å². The van der Waals surface area contributed by atoms with Crippen molar-refractivity contribution in [2.75, 3.05) is 6.54 Å². The highest BCUT2D eigenvalue weighted by molar-refractivity contribution is 5.96. The van der Waals surface area contributed by atoms with E-state index in [1.807, 2.05) is 12.1 Å². The molecule has 5 heteroatoms. The molecule has 0 saturated heterocycles. The standard InChI is InChI=1S/C18H23N3O2/c1-18(2,3)14-8-6-13(7-9-14)17(23)20-11-16(22)21-15(10-19)12-4-5-12/h6-9,12,15H,4-5,11H2,1-3H3,(H,20,23)(H,21,22)/t15-/m1/s1. The molecule has 1 saturated carbocycles. The number of hydrogen-bond donors (Lipinski definition) is 2. The fourth-order valence-corrected chi connectivity index (χ4v) is 2.29. The van der Waals surface area contributed by atoms with Gasteiger partial charge in [0.25, 0.3) is 5.91 Å². The third-order valence-electron chi connectivity index (χ3n) is 3.97. The van der Waals surface area contributed by atoms with Crippen LogP contribution in [0.25, 0.3) is 0 Å². The summed E-state index contributed by atoms with van der Waals surface area (Å²) < 4.78 is 0. The van der Waals surface area contributed by atoms with Crippen molar-refractivity contribution in [3.63, 3.8) is 0 Å². The van der Waals surface area contributed by atoms with Crippen LogP contribution in [-0.4, -0.2) is 24.4 Å². The van der Waals surface area contributed by atoms with E-state index in [-0.39, 0.29) is 29.7 Å². The molecular formula is C18H23N3O2. The third kappa shape index (κ3) is 4.82. The number of carbonyl (C=O) groups excluding carboxylic acids is 2. The number of amides is 2. The van der Waals surface area contributed by atoms with E-state index in [0.29, 0.717) is 5.56 Å². The molecule has 1 aliphatic carbocycles. The average molecular weight is 313 g/mol. The highest BCUT2D eigenvalue weighted by Crippen LogP contribution is 2.32. The van der Waals surface area contributed by atoms with Crippen LogP contribution in [0.1, 0.15) is 49.5 Å². The maximum absolute atomic E-state index is 12.1. The molecule has 0 aromatic heterocycles. The fraction of sp³-hybridized carbons (Fsp3) is 0.500. The van der Waals surface area contributed by atoms with E-state index in [0.717, 1.165) is 18.4 Å². The molecule has 2 N–H and O–H groups in total. The molecule has 5 nitrogen and oxygen atoms in total. The molecule has 23 heavy (non-hydrogen) atoms. The summed E-state index contributed by atoms with van der Waals surface area (Å²) >= 11 is 0. The van der Waals surface area contributed by atoms with Gasteiger partial charge in [0.1, 0.15) is 6.04 Å². The van der Waals surface area contributed by atoms with Gasteiger partial charge >= 0.3 is 0 Å². The van der Waals surface area contributed by atoms with Crippen molar-refractivity contribution in [1.82, 2.24) is 10.6 Å². The van der Waals surface area contributed by atoms with Gasteiger partial charge in [-0.1, -0.05) is 32.9 Å². The van der Waals surface area contributed by atoms with E-state index in [4.69, 9.17) is 5.26 Å². The maximum Gasteiger partial charge on any atom is 0.251 e. The Balaban J connectivity index is 1.84. The normalized spacial score (nSPS) is 15.4. The van der Waals surface area contributed by atoms with Crippen LogP contribution in [-0.2, 0) is 10.2 Å². The van der Waals surface area contributed by atoms with Gasteiger partial charge in [0.2, 0.25) is 5.91 Å². The van der Waals surface area contributed by atoms with Gasteiger partial charge in [0, 0.05) is 5.56 Å². The molecule has 0 heterocycles. The molecule has 1 aromatic rings. The van der Waals surface area contributed by atoms with Crippen LogP contribution >= 0.6 is 0 Å². The lowest BCUT2D eigenvalue weighted by Crippen LogP contribution is -2.42. The number of nitrogens with zero attached hydrogens (tertiary/aromatic N) is 1. The zero-order chi connectivity index (χ0) is 17.0. The van der Waals surface area contributed by atoms with E-state index < -0.39 is 6.04 Å². The van der Waals surface area contributed by atoms with Gasteiger partial charge in [-0.2, -0.15) is 5.26 Å². The fourth-order valence-electron chi connectivity index (χ4n) is 2.29. The molecule has 1 aromatic carbocycles. The van der Waals surface area contributed by atoms with Crippen molar-refractivity contribution in [2.24, 2.45) is 5.92 Å². The van der Waals surface area contributed by atoms with Crippen LogP contribution in [0.2, 0.25) is 0 Å². The third-order valence-corrected chi connectivity index (χ3v) is 3.97. The van der Waals surface area contributed by atoms with E-state index >= 15 is 0 Å². The minimum absolute atomic E-state index is 0.0318. The first-order valence-corrected chi connectivity index (χ1v) is 7.89. The highest BCUT2D eigenvalue weighted by Gasteiger charge is 2.32. The van der Waals surface area contributed by atoms with E-state index in [2.05, 4.69) is 37.5 Å². The van der Waals surface area contributed by atoms with Crippen LogP contribution in [0.5, 0.6) is 0 Å². The lowest BCUT2D eigenvalue weighted by atomic mass is 9.87. The Kier molecular flexibility index (Phi) is 5.05. The molecule has 0 radical (unpaired) electrons. The second kappa shape index (κ2) is 6.82. The Morgan fingerprint density at radius 1 is 1.26 bits per heavy atom. The summed E-state index contributed by atoms with van der Waals surface area (Å²) in [7, 11) is 0. The van der Waals surface area contributed by atoms with Crippen LogP contribution < -0.4 is 10.6 Å². The monoisotopic (exact) mass is 313 g/mol. The molecule has 0 spiro atoms. The predicted molar refractivity (Wildman–Crippen MR) is 87.7 cm³/mol. The molecule has 2 rings (SSSR count).